The fourth-order valence-electron chi connectivity index (χ4n) is 2.15. The van der Waals surface area contributed by atoms with Gasteiger partial charge in [0.15, 0.2) is 18.2 Å². The number of halogens is 1. The SMILES string of the molecule is COC(=O)COc1ccc(OCCNCC(O)COc2ccccc2F)cc1. The second kappa shape index (κ2) is 11.8. The van der Waals surface area contributed by atoms with Gasteiger partial charge in [-0.15, -0.1) is 0 Å². The van der Waals surface area contributed by atoms with E-state index in [9.17, 15) is 14.3 Å². The molecule has 152 valence electrons. The maximum atomic E-state index is 13.4. The number of hydrogen-bond donors (Lipinski definition) is 2. The Morgan fingerprint density at radius 2 is 1.75 bits per heavy atom. The lowest BCUT2D eigenvalue weighted by Crippen LogP contribution is -2.33. The average molecular weight is 393 g/mol. The van der Waals surface area contributed by atoms with E-state index in [1.54, 1.807) is 36.4 Å². The molecule has 0 fully saturated rings. The summed E-state index contributed by atoms with van der Waals surface area (Å²) >= 11 is 0. The minimum absolute atomic E-state index is 0.0121. The van der Waals surface area contributed by atoms with Crippen molar-refractivity contribution in [3.8, 4) is 17.2 Å². The summed E-state index contributed by atoms with van der Waals surface area (Å²) in [5.74, 6) is 0.388. The zero-order chi connectivity index (χ0) is 20.2. The van der Waals surface area contributed by atoms with E-state index in [2.05, 4.69) is 10.1 Å². The van der Waals surface area contributed by atoms with Crippen LogP contribution in [0.3, 0.4) is 0 Å². The molecule has 0 aliphatic rings. The largest absolute Gasteiger partial charge is 0.492 e. The first kappa shape index (κ1) is 21.5. The number of aliphatic hydroxyl groups excluding tert-OH is 1. The second-order valence-electron chi connectivity index (χ2n) is 5.78. The Balaban J connectivity index is 1.57. The molecule has 0 aliphatic carbocycles. The van der Waals surface area contributed by atoms with Gasteiger partial charge in [0.2, 0.25) is 0 Å². The van der Waals surface area contributed by atoms with Crippen molar-refractivity contribution >= 4 is 5.97 Å². The highest BCUT2D eigenvalue weighted by atomic mass is 19.1. The number of ether oxygens (including phenoxy) is 4. The fraction of sp³-hybridized carbons (Fsp3) is 0.350. The van der Waals surface area contributed by atoms with E-state index in [1.807, 2.05) is 0 Å². The van der Waals surface area contributed by atoms with Gasteiger partial charge < -0.3 is 29.4 Å². The van der Waals surface area contributed by atoms with E-state index in [-0.39, 0.29) is 25.5 Å². The predicted molar refractivity (Wildman–Crippen MR) is 100 cm³/mol. The number of carbonyl (C=O) groups is 1. The van der Waals surface area contributed by atoms with E-state index in [0.29, 0.717) is 24.7 Å². The summed E-state index contributed by atoms with van der Waals surface area (Å²) < 4.78 is 33.9. The molecule has 1 unspecified atom stereocenters. The van der Waals surface area contributed by atoms with Crippen LogP contribution in [-0.4, -0.2) is 57.2 Å². The number of rotatable bonds is 12. The van der Waals surface area contributed by atoms with E-state index in [4.69, 9.17) is 14.2 Å². The van der Waals surface area contributed by atoms with Crippen molar-refractivity contribution in [1.82, 2.24) is 5.32 Å². The topological polar surface area (TPSA) is 86.3 Å². The van der Waals surface area contributed by atoms with Gasteiger partial charge in [0.1, 0.15) is 30.8 Å². The summed E-state index contributed by atoms with van der Waals surface area (Å²) in [5.41, 5.74) is 0. The molecule has 8 heteroatoms. The zero-order valence-corrected chi connectivity index (χ0v) is 15.6. The van der Waals surface area contributed by atoms with Crippen LogP contribution in [0.5, 0.6) is 17.2 Å². The first-order valence-electron chi connectivity index (χ1n) is 8.77. The van der Waals surface area contributed by atoms with E-state index < -0.39 is 17.9 Å². The predicted octanol–water partition coefficient (Wildman–Crippen LogP) is 1.79. The van der Waals surface area contributed by atoms with Crippen molar-refractivity contribution in [1.29, 1.82) is 0 Å². The number of benzene rings is 2. The smallest absolute Gasteiger partial charge is 0.343 e. The quantitative estimate of drug-likeness (QED) is 0.420. The zero-order valence-electron chi connectivity index (χ0n) is 15.6. The van der Waals surface area contributed by atoms with Crippen LogP contribution in [0.25, 0.3) is 0 Å². The molecule has 0 saturated carbocycles. The first-order chi connectivity index (χ1) is 13.6. The highest BCUT2D eigenvalue weighted by Gasteiger charge is 2.07. The Hall–Kier alpha value is -2.84. The molecule has 2 rings (SSSR count). The summed E-state index contributed by atoms with van der Waals surface area (Å²) in [7, 11) is 1.30. The second-order valence-corrected chi connectivity index (χ2v) is 5.78. The van der Waals surface area contributed by atoms with Gasteiger partial charge in [-0.05, 0) is 36.4 Å². The molecule has 0 radical (unpaired) electrons. The lowest BCUT2D eigenvalue weighted by atomic mass is 10.3. The van der Waals surface area contributed by atoms with E-state index >= 15 is 0 Å². The molecule has 0 bridgehead atoms. The molecule has 0 spiro atoms. The van der Waals surface area contributed by atoms with Crippen LogP contribution in [0.15, 0.2) is 48.5 Å². The standard InChI is InChI=1S/C20H24FNO6/c1-25-20(24)14-27-17-8-6-16(7-9-17)26-11-10-22-12-15(23)13-28-19-5-3-2-4-18(19)21/h2-9,15,22-23H,10-14H2,1H3. The molecule has 0 heterocycles. The van der Waals surface area contributed by atoms with Gasteiger partial charge in [-0.25, -0.2) is 9.18 Å². The molecule has 0 amide bonds. The number of para-hydroxylation sites is 1. The number of carbonyl (C=O) groups excluding carboxylic acids is 1. The van der Waals surface area contributed by atoms with Crippen molar-refractivity contribution in [3.05, 3.63) is 54.3 Å². The summed E-state index contributed by atoms with van der Waals surface area (Å²) in [6.07, 6.45) is -0.772. The monoisotopic (exact) mass is 393 g/mol. The Bertz CT molecular complexity index is 725. The van der Waals surface area contributed by atoms with Crippen molar-refractivity contribution in [2.24, 2.45) is 0 Å². The number of hydrogen-bond acceptors (Lipinski definition) is 7. The van der Waals surface area contributed by atoms with Gasteiger partial charge >= 0.3 is 5.97 Å². The van der Waals surface area contributed by atoms with Crippen LogP contribution >= 0.6 is 0 Å². The normalized spacial score (nSPS) is 11.5. The number of esters is 1. The summed E-state index contributed by atoms with van der Waals surface area (Å²) in [6, 6.07) is 12.9. The van der Waals surface area contributed by atoms with Gasteiger partial charge in [-0.3, -0.25) is 0 Å². The highest BCUT2D eigenvalue weighted by molar-refractivity contribution is 5.70. The molecule has 0 aromatic heterocycles. The van der Waals surface area contributed by atoms with Crippen molar-refractivity contribution in [2.45, 2.75) is 6.10 Å². The maximum absolute atomic E-state index is 13.4. The third-order valence-electron chi connectivity index (χ3n) is 3.60. The molecule has 28 heavy (non-hydrogen) atoms. The summed E-state index contributed by atoms with van der Waals surface area (Å²) in [5, 5.41) is 12.9. The lowest BCUT2D eigenvalue weighted by Gasteiger charge is -2.14. The third kappa shape index (κ3) is 7.81. The molecule has 2 aromatic rings. The highest BCUT2D eigenvalue weighted by Crippen LogP contribution is 2.17. The van der Waals surface area contributed by atoms with Crippen LogP contribution in [0, 0.1) is 5.82 Å². The molecule has 2 N–H and O–H groups in total. The maximum Gasteiger partial charge on any atom is 0.343 e. The van der Waals surface area contributed by atoms with Crippen LogP contribution in [-0.2, 0) is 9.53 Å². The summed E-state index contributed by atoms with van der Waals surface area (Å²) in [6.45, 7) is 1.03. The minimum atomic E-state index is -0.772. The van der Waals surface area contributed by atoms with Crippen molar-refractivity contribution < 1.29 is 33.2 Å². The molecular weight excluding hydrogens is 369 g/mol. The van der Waals surface area contributed by atoms with Gasteiger partial charge in [0.05, 0.1) is 7.11 Å². The number of aliphatic hydroxyl groups is 1. The van der Waals surface area contributed by atoms with E-state index in [1.165, 1.54) is 19.2 Å². The van der Waals surface area contributed by atoms with Crippen LogP contribution in [0.1, 0.15) is 0 Å². The number of nitrogens with one attached hydrogen (secondary N) is 1. The first-order valence-corrected chi connectivity index (χ1v) is 8.77. The van der Waals surface area contributed by atoms with Gasteiger partial charge in [-0.2, -0.15) is 0 Å². The van der Waals surface area contributed by atoms with Crippen LogP contribution in [0.4, 0.5) is 4.39 Å². The Kier molecular flexibility index (Phi) is 9.03. The molecule has 0 aliphatic heterocycles. The Morgan fingerprint density at radius 1 is 1.07 bits per heavy atom. The third-order valence-corrected chi connectivity index (χ3v) is 3.60. The average Bonchev–Trinajstić information content (AvgIpc) is 2.72. The molecular formula is C20H24FNO6. The van der Waals surface area contributed by atoms with Gasteiger partial charge in [0, 0.05) is 13.1 Å². The Labute approximate surface area is 163 Å². The lowest BCUT2D eigenvalue weighted by molar-refractivity contribution is -0.142. The van der Waals surface area contributed by atoms with Gasteiger partial charge in [0.25, 0.3) is 0 Å². The minimum Gasteiger partial charge on any atom is -0.492 e. The van der Waals surface area contributed by atoms with E-state index in [0.717, 1.165) is 0 Å². The number of methoxy groups -OCH3 is 1. The van der Waals surface area contributed by atoms with Gasteiger partial charge in [-0.1, -0.05) is 12.1 Å². The van der Waals surface area contributed by atoms with Crippen LogP contribution < -0.4 is 19.5 Å². The molecule has 1 atom stereocenters. The molecule has 7 nitrogen and oxygen atoms in total. The van der Waals surface area contributed by atoms with Crippen molar-refractivity contribution in [3.63, 3.8) is 0 Å². The molecule has 0 saturated heterocycles. The van der Waals surface area contributed by atoms with Crippen molar-refractivity contribution in [2.75, 3.05) is 40.0 Å². The van der Waals surface area contributed by atoms with Crippen LogP contribution in [0.2, 0.25) is 0 Å². The fourth-order valence-corrected chi connectivity index (χ4v) is 2.15. The Morgan fingerprint density at radius 3 is 2.43 bits per heavy atom. The molecule has 2 aromatic carbocycles. The summed E-state index contributed by atoms with van der Waals surface area (Å²) in [4.78, 5) is 11.0.